The predicted octanol–water partition coefficient (Wildman–Crippen LogP) is 1.65. The van der Waals surface area contributed by atoms with Crippen molar-refractivity contribution in [1.82, 2.24) is 28.8 Å². The summed E-state index contributed by atoms with van der Waals surface area (Å²) in [6.07, 6.45) is 5.48. The zero-order chi connectivity index (χ0) is 17.6. The molecule has 11 heteroatoms. The summed E-state index contributed by atoms with van der Waals surface area (Å²) in [5, 5.41) is 11.3. The van der Waals surface area contributed by atoms with Crippen LogP contribution in [-0.2, 0) is 0 Å². The maximum absolute atomic E-state index is 13.3. The highest BCUT2D eigenvalue weighted by Gasteiger charge is 2.22. The van der Waals surface area contributed by atoms with Crippen LogP contribution in [0.1, 0.15) is 16.1 Å². The standard InChI is InChI=1S/C14H11FN8OS/c1-7-10(22-4-2-3-18-22)14(25-21-7)19-13(24)9-11(16)20-23-6-8(15)5-17-12(9)23/h2-6H,1H3,(H2,16,20)(H,19,24). The zero-order valence-corrected chi connectivity index (χ0v) is 13.7. The van der Waals surface area contributed by atoms with Crippen LogP contribution in [-0.4, -0.2) is 34.7 Å². The summed E-state index contributed by atoms with van der Waals surface area (Å²) in [5.74, 6) is -1.14. The molecule has 25 heavy (non-hydrogen) atoms. The normalized spacial score (nSPS) is 11.1. The van der Waals surface area contributed by atoms with Crippen molar-refractivity contribution < 1.29 is 9.18 Å². The molecule has 3 N–H and O–H groups in total. The number of nitrogens with one attached hydrogen (secondary N) is 1. The summed E-state index contributed by atoms with van der Waals surface area (Å²) in [4.78, 5) is 16.6. The van der Waals surface area contributed by atoms with Crippen LogP contribution in [0.15, 0.2) is 30.9 Å². The van der Waals surface area contributed by atoms with Crippen LogP contribution in [0.5, 0.6) is 0 Å². The topological polar surface area (TPSA) is 116 Å². The van der Waals surface area contributed by atoms with Gasteiger partial charge in [-0.05, 0) is 24.5 Å². The molecule has 0 bridgehead atoms. The van der Waals surface area contributed by atoms with Crippen molar-refractivity contribution >= 4 is 33.9 Å². The number of carbonyl (C=O) groups is 1. The smallest absolute Gasteiger partial charge is 0.264 e. The van der Waals surface area contributed by atoms with Gasteiger partial charge in [0, 0.05) is 12.4 Å². The molecule has 0 atom stereocenters. The molecule has 1 amide bonds. The third kappa shape index (κ3) is 2.50. The van der Waals surface area contributed by atoms with E-state index in [2.05, 4.69) is 24.9 Å². The number of amides is 1. The number of hydrogen-bond acceptors (Lipinski definition) is 7. The van der Waals surface area contributed by atoms with E-state index in [1.165, 1.54) is 0 Å². The lowest BCUT2D eigenvalue weighted by Gasteiger charge is -2.06. The van der Waals surface area contributed by atoms with E-state index in [0.717, 1.165) is 34.1 Å². The predicted molar refractivity (Wildman–Crippen MR) is 89.3 cm³/mol. The number of fused-ring (bicyclic) bond motifs is 1. The Bertz CT molecular complexity index is 1080. The minimum absolute atomic E-state index is 0.0440. The van der Waals surface area contributed by atoms with Gasteiger partial charge in [-0.2, -0.15) is 9.47 Å². The van der Waals surface area contributed by atoms with Crippen molar-refractivity contribution in [3.8, 4) is 5.69 Å². The second-order valence-electron chi connectivity index (χ2n) is 5.15. The Morgan fingerprint density at radius 2 is 2.28 bits per heavy atom. The maximum atomic E-state index is 13.3. The minimum atomic E-state index is -0.582. The first-order chi connectivity index (χ1) is 12.0. The lowest BCUT2D eigenvalue weighted by Crippen LogP contribution is -2.14. The molecule has 0 aromatic carbocycles. The fourth-order valence-corrected chi connectivity index (χ4v) is 3.21. The molecule has 126 valence electrons. The van der Waals surface area contributed by atoms with Crippen molar-refractivity contribution in [2.45, 2.75) is 6.92 Å². The molecule has 0 spiro atoms. The molecule has 4 aromatic heterocycles. The van der Waals surface area contributed by atoms with E-state index < -0.39 is 11.7 Å². The molecule has 4 aromatic rings. The summed E-state index contributed by atoms with van der Waals surface area (Å²) < 4.78 is 20.3. The first kappa shape index (κ1) is 15.2. The summed E-state index contributed by atoms with van der Waals surface area (Å²) in [6.45, 7) is 1.82. The maximum Gasteiger partial charge on any atom is 0.264 e. The van der Waals surface area contributed by atoms with Gasteiger partial charge in [-0.15, -0.1) is 5.10 Å². The van der Waals surface area contributed by atoms with Crippen LogP contribution in [0.3, 0.4) is 0 Å². The van der Waals surface area contributed by atoms with Gasteiger partial charge >= 0.3 is 0 Å². The van der Waals surface area contributed by atoms with Crippen LogP contribution in [0.2, 0.25) is 0 Å². The van der Waals surface area contributed by atoms with Crippen molar-refractivity contribution in [2.24, 2.45) is 0 Å². The first-order valence-corrected chi connectivity index (χ1v) is 7.89. The highest BCUT2D eigenvalue weighted by Crippen LogP contribution is 2.29. The van der Waals surface area contributed by atoms with Crippen LogP contribution < -0.4 is 11.1 Å². The average molecular weight is 358 g/mol. The van der Waals surface area contributed by atoms with Gasteiger partial charge in [0.1, 0.15) is 16.3 Å². The number of anilines is 2. The monoisotopic (exact) mass is 358 g/mol. The molecular weight excluding hydrogens is 347 g/mol. The van der Waals surface area contributed by atoms with Gasteiger partial charge in [0.05, 0.1) is 18.1 Å². The number of nitrogens with two attached hydrogens (primary N) is 1. The van der Waals surface area contributed by atoms with E-state index in [1.54, 1.807) is 23.1 Å². The summed E-state index contributed by atoms with van der Waals surface area (Å²) in [5.41, 5.74) is 7.43. The summed E-state index contributed by atoms with van der Waals surface area (Å²) >= 11 is 1.12. The summed E-state index contributed by atoms with van der Waals surface area (Å²) in [6, 6.07) is 1.77. The minimum Gasteiger partial charge on any atom is -0.381 e. The number of halogens is 1. The second kappa shape index (κ2) is 5.63. The number of nitrogen functional groups attached to an aromatic ring is 1. The SMILES string of the molecule is Cc1nsc(NC(=O)c2c(N)nn3cc(F)cnc23)c1-n1cccn1. The Labute approximate surface area is 144 Å². The Kier molecular flexibility index (Phi) is 3.42. The molecule has 0 radical (unpaired) electrons. The summed E-state index contributed by atoms with van der Waals surface area (Å²) in [7, 11) is 0. The van der Waals surface area contributed by atoms with Gasteiger partial charge in [0.2, 0.25) is 0 Å². The lowest BCUT2D eigenvalue weighted by molar-refractivity contribution is 0.102. The Hall–Kier alpha value is -3.34. The Morgan fingerprint density at radius 1 is 1.44 bits per heavy atom. The number of rotatable bonds is 3. The van der Waals surface area contributed by atoms with E-state index in [-0.39, 0.29) is 17.0 Å². The molecule has 0 saturated carbocycles. The third-order valence-electron chi connectivity index (χ3n) is 3.49. The number of carbonyl (C=O) groups excluding carboxylic acids is 1. The van der Waals surface area contributed by atoms with Crippen molar-refractivity contribution in [3.05, 3.63) is 47.9 Å². The van der Waals surface area contributed by atoms with Crippen molar-refractivity contribution in [2.75, 3.05) is 11.1 Å². The zero-order valence-electron chi connectivity index (χ0n) is 12.8. The molecule has 0 aliphatic rings. The first-order valence-electron chi connectivity index (χ1n) is 7.11. The molecule has 0 aliphatic carbocycles. The molecule has 0 aliphatic heterocycles. The molecule has 0 saturated heterocycles. The Balaban J connectivity index is 1.74. The van der Waals surface area contributed by atoms with Gasteiger partial charge in [-0.3, -0.25) is 4.79 Å². The number of aromatic nitrogens is 6. The number of aryl methyl sites for hydroxylation is 1. The molecule has 0 unspecified atom stereocenters. The highest BCUT2D eigenvalue weighted by molar-refractivity contribution is 7.11. The van der Waals surface area contributed by atoms with E-state index in [4.69, 9.17) is 5.73 Å². The largest absolute Gasteiger partial charge is 0.381 e. The molecule has 4 rings (SSSR count). The molecule has 4 heterocycles. The van der Waals surface area contributed by atoms with Crippen LogP contribution in [0.25, 0.3) is 11.3 Å². The molecule has 9 nitrogen and oxygen atoms in total. The van der Waals surface area contributed by atoms with Gasteiger partial charge in [0.15, 0.2) is 17.3 Å². The highest BCUT2D eigenvalue weighted by atomic mass is 32.1. The van der Waals surface area contributed by atoms with Gasteiger partial charge in [0.25, 0.3) is 5.91 Å². The fraction of sp³-hybridized carbons (Fsp3) is 0.0714. The average Bonchev–Trinajstić information content (AvgIpc) is 3.26. The van der Waals surface area contributed by atoms with E-state index in [9.17, 15) is 9.18 Å². The number of hydrogen-bond donors (Lipinski definition) is 2. The van der Waals surface area contributed by atoms with Gasteiger partial charge in [-0.1, -0.05) is 0 Å². The van der Waals surface area contributed by atoms with Crippen LogP contribution in [0.4, 0.5) is 15.2 Å². The van der Waals surface area contributed by atoms with E-state index >= 15 is 0 Å². The van der Waals surface area contributed by atoms with Crippen LogP contribution in [0, 0.1) is 12.7 Å². The van der Waals surface area contributed by atoms with Crippen LogP contribution >= 0.6 is 11.5 Å². The number of nitrogens with zero attached hydrogens (tertiary/aromatic N) is 6. The molecular formula is C14H11FN8OS. The fourth-order valence-electron chi connectivity index (χ4n) is 2.43. The van der Waals surface area contributed by atoms with Crippen molar-refractivity contribution in [1.29, 1.82) is 0 Å². The quantitative estimate of drug-likeness (QED) is 0.575. The van der Waals surface area contributed by atoms with Gasteiger partial charge < -0.3 is 11.1 Å². The third-order valence-corrected chi connectivity index (χ3v) is 4.33. The van der Waals surface area contributed by atoms with E-state index in [1.807, 2.05) is 6.92 Å². The van der Waals surface area contributed by atoms with E-state index in [0.29, 0.717) is 10.7 Å². The Morgan fingerprint density at radius 3 is 3.04 bits per heavy atom. The second-order valence-corrected chi connectivity index (χ2v) is 5.92. The van der Waals surface area contributed by atoms with Crippen molar-refractivity contribution in [3.63, 3.8) is 0 Å². The lowest BCUT2D eigenvalue weighted by atomic mass is 10.3. The van der Waals surface area contributed by atoms with Gasteiger partial charge in [-0.25, -0.2) is 18.6 Å². The molecule has 0 fully saturated rings.